The monoisotopic (exact) mass is 347 g/mol. The van der Waals surface area contributed by atoms with Crippen LogP contribution in [0.4, 0.5) is 4.79 Å². The van der Waals surface area contributed by atoms with Crippen molar-refractivity contribution >= 4 is 6.03 Å². The van der Waals surface area contributed by atoms with Crippen molar-refractivity contribution in [3.63, 3.8) is 0 Å². The lowest BCUT2D eigenvalue weighted by molar-refractivity contribution is 0.00237. The summed E-state index contributed by atoms with van der Waals surface area (Å²) in [6, 6.07) is 8.50. The Balaban J connectivity index is 1.84. The third kappa shape index (κ3) is 6.33. The van der Waals surface area contributed by atoms with Crippen LogP contribution >= 0.6 is 0 Å². The van der Waals surface area contributed by atoms with Crippen LogP contribution in [0, 0.1) is 12.8 Å². The van der Waals surface area contributed by atoms with Gasteiger partial charge < -0.3 is 15.4 Å². The molecular weight excluding hydrogens is 314 g/mol. The molecule has 1 aromatic carbocycles. The largest absolute Gasteiger partial charge is 0.379 e. The van der Waals surface area contributed by atoms with E-state index in [1.807, 2.05) is 12.1 Å². The highest BCUT2D eigenvalue weighted by molar-refractivity contribution is 5.73. The first kappa shape index (κ1) is 19.7. The number of benzene rings is 1. The van der Waals surface area contributed by atoms with Gasteiger partial charge in [-0.3, -0.25) is 4.90 Å². The summed E-state index contributed by atoms with van der Waals surface area (Å²) in [6.45, 7) is 11.3. The van der Waals surface area contributed by atoms with E-state index in [0.29, 0.717) is 25.0 Å². The minimum absolute atomic E-state index is 0.0919. The zero-order valence-corrected chi connectivity index (χ0v) is 15.9. The molecule has 0 aliphatic carbocycles. The van der Waals surface area contributed by atoms with E-state index in [0.717, 1.165) is 44.7 Å². The Morgan fingerprint density at radius 1 is 1.20 bits per heavy atom. The van der Waals surface area contributed by atoms with Gasteiger partial charge >= 0.3 is 6.03 Å². The summed E-state index contributed by atoms with van der Waals surface area (Å²) < 4.78 is 5.48. The zero-order chi connectivity index (χ0) is 18.1. The molecule has 5 heteroatoms. The van der Waals surface area contributed by atoms with E-state index in [1.165, 1.54) is 5.56 Å². The molecule has 2 amide bonds. The van der Waals surface area contributed by atoms with Crippen LogP contribution in [-0.4, -0.2) is 49.8 Å². The average Bonchev–Trinajstić information content (AvgIpc) is 2.64. The number of nitrogens with one attached hydrogen (secondary N) is 2. The average molecular weight is 348 g/mol. The molecule has 0 aromatic heterocycles. The number of hydrogen-bond donors (Lipinski definition) is 2. The zero-order valence-electron chi connectivity index (χ0n) is 15.9. The van der Waals surface area contributed by atoms with Crippen LogP contribution in [0.25, 0.3) is 0 Å². The number of carbonyl (C=O) groups excluding carboxylic acids is 1. The van der Waals surface area contributed by atoms with Crippen molar-refractivity contribution in [1.29, 1.82) is 0 Å². The standard InChI is InChI=1S/C20H33N3O2/c1-4-18(5-2)19(23-9-11-25-12-10-23)15-22-20(24)21-14-17-8-6-7-16(3)13-17/h6-8,13,18-19H,4-5,9-12,14-15H2,1-3H3,(H2,21,22,24)/t19-/m1/s1. The molecule has 25 heavy (non-hydrogen) atoms. The van der Waals surface area contributed by atoms with Crippen molar-refractivity contribution in [2.45, 2.75) is 46.2 Å². The summed E-state index contributed by atoms with van der Waals surface area (Å²) in [5.74, 6) is 0.593. The van der Waals surface area contributed by atoms with Crippen LogP contribution in [0.5, 0.6) is 0 Å². The number of amides is 2. The lowest BCUT2D eigenvalue weighted by Crippen LogP contribution is -2.53. The maximum atomic E-state index is 12.2. The van der Waals surface area contributed by atoms with Crippen LogP contribution in [0.1, 0.15) is 37.8 Å². The van der Waals surface area contributed by atoms with Gasteiger partial charge in [0.1, 0.15) is 0 Å². The Kier molecular flexibility index (Phi) is 8.22. The maximum Gasteiger partial charge on any atom is 0.315 e. The van der Waals surface area contributed by atoms with Gasteiger partial charge in [-0.05, 0) is 18.4 Å². The third-order valence-electron chi connectivity index (χ3n) is 5.11. The van der Waals surface area contributed by atoms with Crippen LogP contribution in [0.3, 0.4) is 0 Å². The molecule has 0 bridgehead atoms. The maximum absolute atomic E-state index is 12.2. The summed E-state index contributed by atoms with van der Waals surface area (Å²) in [4.78, 5) is 14.7. The second-order valence-electron chi connectivity index (χ2n) is 6.84. The summed E-state index contributed by atoms with van der Waals surface area (Å²) in [5, 5.41) is 6.05. The van der Waals surface area contributed by atoms with Crippen molar-refractivity contribution in [3.8, 4) is 0 Å². The molecule has 1 saturated heterocycles. The highest BCUT2D eigenvalue weighted by Gasteiger charge is 2.27. The lowest BCUT2D eigenvalue weighted by Gasteiger charge is -2.38. The highest BCUT2D eigenvalue weighted by Crippen LogP contribution is 2.19. The van der Waals surface area contributed by atoms with Crippen LogP contribution in [0.2, 0.25) is 0 Å². The number of aryl methyl sites for hydroxylation is 1. The van der Waals surface area contributed by atoms with E-state index in [4.69, 9.17) is 4.74 Å². The predicted molar refractivity (Wildman–Crippen MR) is 102 cm³/mol. The van der Waals surface area contributed by atoms with Gasteiger partial charge in [0.2, 0.25) is 0 Å². The molecule has 0 saturated carbocycles. The first-order chi connectivity index (χ1) is 12.1. The molecule has 2 N–H and O–H groups in total. The van der Waals surface area contributed by atoms with Crippen LogP contribution in [-0.2, 0) is 11.3 Å². The highest BCUT2D eigenvalue weighted by atomic mass is 16.5. The molecule has 1 atom stereocenters. The normalized spacial score (nSPS) is 16.6. The second-order valence-corrected chi connectivity index (χ2v) is 6.84. The summed E-state index contributed by atoms with van der Waals surface area (Å²) in [6.07, 6.45) is 2.26. The molecular formula is C20H33N3O2. The molecule has 1 fully saturated rings. The van der Waals surface area contributed by atoms with Crippen molar-refractivity contribution in [3.05, 3.63) is 35.4 Å². The smallest absolute Gasteiger partial charge is 0.315 e. The van der Waals surface area contributed by atoms with E-state index < -0.39 is 0 Å². The van der Waals surface area contributed by atoms with Gasteiger partial charge in [-0.2, -0.15) is 0 Å². The fourth-order valence-corrected chi connectivity index (χ4v) is 3.60. The fraction of sp³-hybridized carbons (Fsp3) is 0.650. The van der Waals surface area contributed by atoms with Crippen LogP contribution < -0.4 is 10.6 Å². The van der Waals surface area contributed by atoms with Crippen molar-refractivity contribution in [1.82, 2.24) is 15.5 Å². The van der Waals surface area contributed by atoms with Crippen LogP contribution in [0.15, 0.2) is 24.3 Å². The van der Waals surface area contributed by atoms with Crippen molar-refractivity contribution in [2.24, 2.45) is 5.92 Å². The molecule has 0 unspecified atom stereocenters. The van der Waals surface area contributed by atoms with Gasteiger partial charge in [-0.15, -0.1) is 0 Å². The van der Waals surface area contributed by atoms with Gasteiger partial charge in [-0.1, -0.05) is 56.5 Å². The third-order valence-corrected chi connectivity index (χ3v) is 5.11. The number of morpholine rings is 1. The summed E-state index contributed by atoms with van der Waals surface area (Å²) in [7, 11) is 0. The second kappa shape index (κ2) is 10.4. The van der Waals surface area contributed by atoms with Gasteiger partial charge in [0.15, 0.2) is 0 Å². The number of carbonyl (C=O) groups is 1. The summed E-state index contributed by atoms with van der Waals surface area (Å²) >= 11 is 0. The van der Waals surface area contributed by atoms with E-state index >= 15 is 0 Å². The molecule has 140 valence electrons. The van der Waals surface area contributed by atoms with Gasteiger partial charge in [0.05, 0.1) is 13.2 Å². The first-order valence-corrected chi connectivity index (χ1v) is 9.53. The molecule has 2 rings (SSSR count). The quantitative estimate of drug-likeness (QED) is 0.760. The van der Waals surface area contributed by atoms with Gasteiger partial charge in [0.25, 0.3) is 0 Å². The van der Waals surface area contributed by atoms with Gasteiger partial charge in [-0.25, -0.2) is 4.79 Å². The van der Waals surface area contributed by atoms with E-state index in [2.05, 4.69) is 48.4 Å². The Morgan fingerprint density at radius 3 is 2.56 bits per heavy atom. The lowest BCUT2D eigenvalue weighted by atomic mass is 9.92. The molecule has 1 aliphatic heterocycles. The molecule has 1 heterocycles. The first-order valence-electron chi connectivity index (χ1n) is 9.53. The summed E-state index contributed by atoms with van der Waals surface area (Å²) in [5.41, 5.74) is 2.33. The number of hydrogen-bond acceptors (Lipinski definition) is 3. The molecule has 5 nitrogen and oxygen atoms in total. The molecule has 1 aliphatic rings. The fourth-order valence-electron chi connectivity index (χ4n) is 3.60. The number of urea groups is 1. The predicted octanol–water partition coefficient (Wildman–Crippen LogP) is 2.93. The van der Waals surface area contributed by atoms with Gasteiger partial charge in [0, 0.05) is 32.2 Å². The minimum Gasteiger partial charge on any atom is -0.379 e. The number of rotatable bonds is 8. The molecule has 0 radical (unpaired) electrons. The topological polar surface area (TPSA) is 53.6 Å². The van der Waals surface area contributed by atoms with E-state index in [1.54, 1.807) is 0 Å². The van der Waals surface area contributed by atoms with Crippen molar-refractivity contribution in [2.75, 3.05) is 32.8 Å². The Hall–Kier alpha value is -1.59. The molecule has 0 spiro atoms. The van der Waals surface area contributed by atoms with E-state index in [-0.39, 0.29) is 6.03 Å². The number of ether oxygens (including phenoxy) is 1. The Morgan fingerprint density at radius 2 is 1.92 bits per heavy atom. The number of nitrogens with zero attached hydrogens (tertiary/aromatic N) is 1. The van der Waals surface area contributed by atoms with Crippen molar-refractivity contribution < 1.29 is 9.53 Å². The Labute approximate surface area is 152 Å². The molecule has 1 aromatic rings. The SMILES string of the molecule is CCC(CC)[C@@H](CNC(=O)NCc1cccc(C)c1)N1CCOCC1. The Bertz CT molecular complexity index is 525. The van der Waals surface area contributed by atoms with E-state index in [9.17, 15) is 4.79 Å². The minimum atomic E-state index is -0.0919.